The van der Waals surface area contributed by atoms with E-state index in [0.717, 1.165) is 10.9 Å². The number of rotatable bonds is 0. The minimum Gasteiger partial charge on any atom is -0.256 e. The molecule has 2 rings (SSSR count). The molecule has 1 aromatic carbocycles. The molecular weight excluding hydrogens is 122 g/mol. The summed E-state index contributed by atoms with van der Waals surface area (Å²) in [5.74, 6) is 0. The van der Waals surface area contributed by atoms with Gasteiger partial charge in [0.15, 0.2) is 0 Å². The van der Waals surface area contributed by atoms with Crippen LogP contribution in [0, 0.1) is 12.1 Å². The SMILES string of the molecule is [c]1cccc2ncc[c]c12. The zero-order chi connectivity index (χ0) is 6.81. The van der Waals surface area contributed by atoms with Gasteiger partial charge in [-0.1, -0.05) is 12.1 Å². The van der Waals surface area contributed by atoms with Crippen LogP contribution >= 0.6 is 0 Å². The molecule has 0 saturated carbocycles. The molecule has 1 heterocycles. The number of benzene rings is 1. The second-order valence-corrected chi connectivity index (χ2v) is 2.02. The van der Waals surface area contributed by atoms with Crippen LogP contribution in [0.4, 0.5) is 0 Å². The summed E-state index contributed by atoms with van der Waals surface area (Å²) in [7, 11) is 0. The van der Waals surface area contributed by atoms with Crippen LogP contribution < -0.4 is 0 Å². The molecule has 10 heavy (non-hydrogen) atoms. The molecule has 0 aliphatic rings. The van der Waals surface area contributed by atoms with Gasteiger partial charge in [-0.25, -0.2) is 0 Å². The van der Waals surface area contributed by atoms with Gasteiger partial charge in [0.2, 0.25) is 0 Å². The number of nitrogens with zero attached hydrogens (tertiary/aromatic N) is 1. The summed E-state index contributed by atoms with van der Waals surface area (Å²) >= 11 is 0. The summed E-state index contributed by atoms with van der Waals surface area (Å²) < 4.78 is 0. The van der Waals surface area contributed by atoms with Gasteiger partial charge in [-0.15, -0.1) is 0 Å². The van der Waals surface area contributed by atoms with Gasteiger partial charge in [-0.05, 0) is 24.3 Å². The summed E-state index contributed by atoms with van der Waals surface area (Å²) in [5.41, 5.74) is 0.949. The zero-order valence-corrected chi connectivity index (χ0v) is 5.33. The number of pyridine rings is 1. The standard InChI is InChI=1S/C9H5N/c1-2-6-9-8(4-1)5-3-7-10-9/h1-3,6-7H. The highest BCUT2D eigenvalue weighted by Crippen LogP contribution is 2.06. The fourth-order valence-electron chi connectivity index (χ4n) is 0.889. The lowest BCUT2D eigenvalue weighted by atomic mass is 10.2. The number of fused-ring (bicyclic) bond motifs is 1. The Morgan fingerprint density at radius 3 is 3.00 bits per heavy atom. The fourth-order valence-corrected chi connectivity index (χ4v) is 0.889. The average Bonchev–Trinajstić information content (AvgIpc) is 2.05. The first kappa shape index (κ1) is 5.42. The van der Waals surface area contributed by atoms with Crippen molar-refractivity contribution in [1.29, 1.82) is 0 Å². The van der Waals surface area contributed by atoms with Crippen molar-refractivity contribution in [3.05, 3.63) is 42.6 Å². The van der Waals surface area contributed by atoms with Gasteiger partial charge in [-0.3, -0.25) is 4.98 Å². The Morgan fingerprint density at radius 1 is 1.20 bits per heavy atom. The maximum atomic E-state index is 4.12. The molecular formula is C9H5N. The first-order valence-corrected chi connectivity index (χ1v) is 3.10. The molecule has 1 heteroatoms. The predicted octanol–water partition coefficient (Wildman–Crippen LogP) is 1.84. The number of hydrogen-bond acceptors (Lipinski definition) is 1. The molecule has 0 fully saturated rings. The second kappa shape index (κ2) is 2.10. The normalized spacial score (nSPS) is 10.0. The maximum Gasteiger partial charge on any atom is 0.0714 e. The Bertz CT molecular complexity index is 276. The van der Waals surface area contributed by atoms with Crippen molar-refractivity contribution < 1.29 is 0 Å². The molecule has 1 nitrogen and oxygen atoms in total. The lowest BCUT2D eigenvalue weighted by Gasteiger charge is -1.90. The highest BCUT2D eigenvalue weighted by molar-refractivity contribution is 5.76. The lowest BCUT2D eigenvalue weighted by Crippen LogP contribution is -1.74. The van der Waals surface area contributed by atoms with Crippen LogP contribution in [0.15, 0.2) is 30.5 Å². The summed E-state index contributed by atoms with van der Waals surface area (Å²) in [4.78, 5) is 4.12. The predicted molar refractivity (Wildman–Crippen MR) is 39.4 cm³/mol. The van der Waals surface area contributed by atoms with Crippen LogP contribution in [0.25, 0.3) is 10.9 Å². The van der Waals surface area contributed by atoms with Gasteiger partial charge < -0.3 is 0 Å². The van der Waals surface area contributed by atoms with Gasteiger partial charge >= 0.3 is 0 Å². The number of hydrogen-bond donors (Lipinski definition) is 0. The largest absolute Gasteiger partial charge is 0.256 e. The summed E-state index contributed by atoms with van der Waals surface area (Å²) in [5, 5.41) is 0.949. The molecule has 2 radical (unpaired) electrons. The third kappa shape index (κ3) is 0.760. The smallest absolute Gasteiger partial charge is 0.0714 e. The molecule has 0 unspecified atom stereocenters. The molecule has 0 amide bonds. The Hall–Kier alpha value is -1.37. The molecule has 2 aromatic rings. The van der Waals surface area contributed by atoms with E-state index in [-0.39, 0.29) is 0 Å². The average molecular weight is 127 g/mol. The summed E-state index contributed by atoms with van der Waals surface area (Å²) in [6.45, 7) is 0. The van der Waals surface area contributed by atoms with Crippen molar-refractivity contribution in [2.75, 3.05) is 0 Å². The molecule has 0 spiro atoms. The van der Waals surface area contributed by atoms with Crippen LogP contribution in [0.2, 0.25) is 0 Å². The van der Waals surface area contributed by atoms with E-state index in [1.165, 1.54) is 0 Å². The van der Waals surface area contributed by atoms with Gasteiger partial charge in [0.1, 0.15) is 0 Å². The molecule has 1 aromatic heterocycles. The fraction of sp³-hybridized carbons (Fsp3) is 0. The summed E-state index contributed by atoms with van der Waals surface area (Å²) in [6.07, 6.45) is 1.73. The van der Waals surface area contributed by atoms with E-state index in [1.54, 1.807) is 12.3 Å². The van der Waals surface area contributed by atoms with Gasteiger partial charge in [-0.2, -0.15) is 0 Å². The minimum atomic E-state index is 0.949. The first-order valence-electron chi connectivity index (χ1n) is 3.10. The molecule has 0 aliphatic carbocycles. The molecule has 0 atom stereocenters. The Kier molecular flexibility index (Phi) is 1.14. The molecule has 0 N–H and O–H groups in total. The van der Waals surface area contributed by atoms with Crippen molar-refractivity contribution in [2.24, 2.45) is 0 Å². The quantitative estimate of drug-likeness (QED) is 0.526. The van der Waals surface area contributed by atoms with E-state index in [0.29, 0.717) is 0 Å². The topological polar surface area (TPSA) is 12.9 Å². The second-order valence-electron chi connectivity index (χ2n) is 2.02. The van der Waals surface area contributed by atoms with Crippen LogP contribution in [0.3, 0.4) is 0 Å². The van der Waals surface area contributed by atoms with E-state index in [2.05, 4.69) is 17.1 Å². The monoisotopic (exact) mass is 127 g/mol. The van der Waals surface area contributed by atoms with E-state index in [1.807, 2.05) is 18.2 Å². The van der Waals surface area contributed by atoms with Crippen molar-refractivity contribution in [3.8, 4) is 0 Å². The van der Waals surface area contributed by atoms with E-state index >= 15 is 0 Å². The van der Waals surface area contributed by atoms with Crippen LogP contribution in [-0.4, -0.2) is 4.98 Å². The lowest BCUT2D eigenvalue weighted by molar-refractivity contribution is 1.41. The maximum absolute atomic E-state index is 4.12. The molecule has 0 bridgehead atoms. The van der Waals surface area contributed by atoms with Crippen LogP contribution in [0.5, 0.6) is 0 Å². The first-order chi connectivity index (χ1) is 4.97. The Balaban J connectivity index is 2.89. The Labute approximate surface area is 59.3 Å². The van der Waals surface area contributed by atoms with Gasteiger partial charge in [0.05, 0.1) is 5.52 Å². The number of aromatic nitrogens is 1. The molecule has 0 saturated heterocycles. The Morgan fingerprint density at radius 2 is 2.10 bits per heavy atom. The minimum absolute atomic E-state index is 0.949. The zero-order valence-electron chi connectivity index (χ0n) is 5.33. The van der Waals surface area contributed by atoms with E-state index in [9.17, 15) is 0 Å². The van der Waals surface area contributed by atoms with Crippen molar-refractivity contribution in [2.45, 2.75) is 0 Å². The highest BCUT2D eigenvalue weighted by Gasteiger charge is 1.87. The van der Waals surface area contributed by atoms with Crippen LogP contribution in [0.1, 0.15) is 0 Å². The van der Waals surface area contributed by atoms with E-state index in [4.69, 9.17) is 0 Å². The van der Waals surface area contributed by atoms with Crippen molar-refractivity contribution in [3.63, 3.8) is 0 Å². The molecule has 46 valence electrons. The van der Waals surface area contributed by atoms with Crippen molar-refractivity contribution in [1.82, 2.24) is 4.98 Å². The third-order valence-electron chi connectivity index (χ3n) is 1.35. The van der Waals surface area contributed by atoms with Crippen molar-refractivity contribution >= 4 is 10.9 Å². The van der Waals surface area contributed by atoms with Crippen LogP contribution in [-0.2, 0) is 0 Å². The third-order valence-corrected chi connectivity index (χ3v) is 1.35. The van der Waals surface area contributed by atoms with Gasteiger partial charge in [0, 0.05) is 11.6 Å². The highest BCUT2D eigenvalue weighted by atomic mass is 14.6. The summed E-state index contributed by atoms with van der Waals surface area (Å²) in [6, 6.07) is 13.6. The van der Waals surface area contributed by atoms with E-state index < -0.39 is 0 Å². The van der Waals surface area contributed by atoms with Gasteiger partial charge in [0.25, 0.3) is 0 Å². The molecule has 0 aliphatic heterocycles.